The maximum Gasteiger partial charge on any atom is 0.0701 e. The molecular formula is C52H36N4. The largest absolute Gasteiger partial charge is 0.311 e. The molecule has 10 aromatic rings. The van der Waals surface area contributed by atoms with Gasteiger partial charge in [0.2, 0.25) is 0 Å². The Morgan fingerprint density at radius 1 is 0.357 bits per heavy atom. The van der Waals surface area contributed by atoms with Crippen LogP contribution in [0.25, 0.3) is 72.3 Å². The summed E-state index contributed by atoms with van der Waals surface area (Å²) >= 11 is 0. The highest BCUT2D eigenvalue weighted by Gasteiger charge is 2.19. The molecule has 0 aliphatic rings. The van der Waals surface area contributed by atoms with Crippen molar-refractivity contribution in [3.63, 3.8) is 0 Å². The van der Waals surface area contributed by atoms with Crippen molar-refractivity contribution in [2.75, 3.05) is 4.90 Å². The van der Waals surface area contributed by atoms with Gasteiger partial charge in [-0.3, -0.25) is 9.97 Å². The van der Waals surface area contributed by atoms with Crippen molar-refractivity contribution in [1.29, 1.82) is 0 Å². The molecule has 0 spiro atoms. The highest BCUT2D eigenvalue weighted by Crippen LogP contribution is 2.42. The molecule has 7 aromatic carbocycles. The summed E-state index contributed by atoms with van der Waals surface area (Å²) in [4.78, 5) is 11.5. The van der Waals surface area contributed by atoms with Crippen molar-refractivity contribution >= 4 is 38.9 Å². The van der Waals surface area contributed by atoms with E-state index in [0.717, 1.165) is 50.8 Å². The minimum absolute atomic E-state index is 0.952. The fourth-order valence-corrected chi connectivity index (χ4v) is 7.83. The number of hydrogen-bond acceptors (Lipinski definition) is 3. The van der Waals surface area contributed by atoms with Crippen molar-refractivity contribution < 1.29 is 0 Å². The van der Waals surface area contributed by atoms with Gasteiger partial charge >= 0.3 is 0 Å². The molecule has 264 valence electrons. The van der Waals surface area contributed by atoms with Gasteiger partial charge in [0, 0.05) is 62.6 Å². The van der Waals surface area contributed by atoms with Gasteiger partial charge in [0.05, 0.1) is 22.4 Å². The second kappa shape index (κ2) is 14.3. The number of nitrogens with zero attached hydrogens (tertiary/aromatic N) is 4. The van der Waals surface area contributed by atoms with Crippen LogP contribution in [0.15, 0.2) is 219 Å². The summed E-state index contributed by atoms with van der Waals surface area (Å²) in [5, 5.41) is 2.46. The highest BCUT2D eigenvalue weighted by atomic mass is 15.1. The molecule has 3 heterocycles. The highest BCUT2D eigenvalue weighted by molar-refractivity contribution is 6.15. The van der Waals surface area contributed by atoms with Gasteiger partial charge in [-0.05, 0) is 108 Å². The topological polar surface area (TPSA) is 34.0 Å². The standard InChI is InChI=1S/C52H36N4/c1-3-13-38(14-4-1)47-35-41(36-48-46-17-7-8-20-51(46)56(52(47)48)42-15-5-2-6-16-42)37-21-27-43(28-22-37)55(44-29-23-39(24-30-44)49-18-9-11-33-53-49)45-31-25-40(26-32-45)50-19-10-12-34-54-50/h1-36H. The third kappa shape index (κ3) is 6.09. The average molecular weight is 717 g/mol. The van der Waals surface area contributed by atoms with Crippen LogP contribution < -0.4 is 4.90 Å². The Kier molecular flexibility index (Phi) is 8.47. The average Bonchev–Trinajstić information content (AvgIpc) is 3.62. The molecular weight excluding hydrogens is 681 g/mol. The van der Waals surface area contributed by atoms with E-state index < -0.39 is 0 Å². The fraction of sp³-hybridized carbons (Fsp3) is 0. The van der Waals surface area contributed by atoms with Crippen LogP contribution in [0.1, 0.15) is 0 Å². The third-order valence-corrected chi connectivity index (χ3v) is 10.5. The van der Waals surface area contributed by atoms with E-state index in [1.54, 1.807) is 0 Å². The Balaban J connectivity index is 1.10. The van der Waals surface area contributed by atoms with Gasteiger partial charge in [-0.1, -0.05) is 115 Å². The summed E-state index contributed by atoms with van der Waals surface area (Å²) in [5.41, 5.74) is 15.5. The number of fused-ring (bicyclic) bond motifs is 3. The molecule has 10 rings (SSSR count). The SMILES string of the molecule is c1ccc(-c2cc(-c3ccc(N(c4ccc(-c5ccccn5)cc4)c4ccc(-c5ccccn5)cc4)cc3)cc3c4ccccc4n(-c4ccccc4)c23)cc1. The first-order chi connectivity index (χ1) is 27.8. The zero-order chi connectivity index (χ0) is 37.3. The van der Waals surface area contributed by atoms with Crippen molar-refractivity contribution in [3.8, 4) is 50.5 Å². The monoisotopic (exact) mass is 716 g/mol. The van der Waals surface area contributed by atoms with Crippen LogP contribution in [-0.4, -0.2) is 14.5 Å². The smallest absolute Gasteiger partial charge is 0.0701 e. The molecule has 0 N–H and O–H groups in total. The lowest BCUT2D eigenvalue weighted by molar-refractivity contribution is 1.18. The molecule has 4 heteroatoms. The summed E-state index contributed by atoms with van der Waals surface area (Å²) in [6, 6.07) is 73.2. The zero-order valence-electron chi connectivity index (χ0n) is 30.6. The molecule has 0 unspecified atom stereocenters. The van der Waals surface area contributed by atoms with E-state index in [2.05, 4.69) is 189 Å². The predicted molar refractivity (Wildman–Crippen MR) is 233 cm³/mol. The van der Waals surface area contributed by atoms with Crippen LogP contribution >= 0.6 is 0 Å². The minimum atomic E-state index is 0.952. The Morgan fingerprint density at radius 3 is 1.41 bits per heavy atom. The van der Waals surface area contributed by atoms with Crippen LogP contribution in [-0.2, 0) is 0 Å². The van der Waals surface area contributed by atoms with Crippen molar-refractivity contribution in [2.45, 2.75) is 0 Å². The second-order valence-electron chi connectivity index (χ2n) is 13.9. The van der Waals surface area contributed by atoms with E-state index in [1.165, 1.54) is 38.5 Å². The van der Waals surface area contributed by atoms with E-state index in [4.69, 9.17) is 0 Å². The molecule has 0 bridgehead atoms. The van der Waals surface area contributed by atoms with Crippen molar-refractivity contribution in [2.24, 2.45) is 0 Å². The Hall–Kier alpha value is -7.56. The number of para-hydroxylation sites is 2. The lowest BCUT2D eigenvalue weighted by Gasteiger charge is -2.26. The molecule has 0 aliphatic carbocycles. The molecule has 0 aliphatic heterocycles. The van der Waals surface area contributed by atoms with E-state index >= 15 is 0 Å². The maximum absolute atomic E-state index is 4.57. The molecule has 0 radical (unpaired) electrons. The van der Waals surface area contributed by atoms with Gasteiger partial charge in [0.15, 0.2) is 0 Å². The summed E-state index contributed by atoms with van der Waals surface area (Å²) in [5.74, 6) is 0. The number of rotatable bonds is 8. The molecule has 3 aromatic heterocycles. The Morgan fingerprint density at radius 2 is 0.857 bits per heavy atom. The maximum atomic E-state index is 4.57. The molecule has 0 fully saturated rings. The van der Waals surface area contributed by atoms with Crippen LogP contribution in [0.5, 0.6) is 0 Å². The minimum Gasteiger partial charge on any atom is -0.311 e. The summed E-state index contributed by atoms with van der Waals surface area (Å²) in [6.45, 7) is 0. The van der Waals surface area contributed by atoms with E-state index in [1.807, 2.05) is 48.8 Å². The number of benzene rings is 7. The molecule has 56 heavy (non-hydrogen) atoms. The summed E-state index contributed by atoms with van der Waals surface area (Å²) in [7, 11) is 0. The lowest BCUT2D eigenvalue weighted by atomic mass is 9.95. The van der Waals surface area contributed by atoms with Crippen molar-refractivity contribution in [3.05, 3.63) is 219 Å². The number of anilines is 3. The first kappa shape index (κ1) is 33.0. The quantitative estimate of drug-likeness (QED) is 0.157. The van der Waals surface area contributed by atoms with Crippen molar-refractivity contribution in [1.82, 2.24) is 14.5 Å². The van der Waals surface area contributed by atoms with Gasteiger partial charge < -0.3 is 9.47 Å². The van der Waals surface area contributed by atoms with E-state index in [0.29, 0.717) is 0 Å². The van der Waals surface area contributed by atoms with Gasteiger partial charge in [-0.15, -0.1) is 0 Å². The van der Waals surface area contributed by atoms with Crippen LogP contribution in [0.2, 0.25) is 0 Å². The normalized spacial score (nSPS) is 11.2. The molecule has 4 nitrogen and oxygen atoms in total. The van der Waals surface area contributed by atoms with Gasteiger partial charge in [0.25, 0.3) is 0 Å². The summed E-state index contributed by atoms with van der Waals surface area (Å²) < 4.78 is 2.41. The first-order valence-electron chi connectivity index (χ1n) is 18.9. The zero-order valence-corrected chi connectivity index (χ0v) is 30.6. The Labute approximate surface area is 326 Å². The number of pyridine rings is 2. The molecule has 0 saturated heterocycles. The van der Waals surface area contributed by atoms with E-state index in [-0.39, 0.29) is 0 Å². The molecule has 0 amide bonds. The molecule has 0 saturated carbocycles. The van der Waals surface area contributed by atoms with Gasteiger partial charge in [0.1, 0.15) is 0 Å². The fourth-order valence-electron chi connectivity index (χ4n) is 7.83. The Bertz CT molecular complexity index is 2820. The van der Waals surface area contributed by atoms with Crippen LogP contribution in [0.4, 0.5) is 17.1 Å². The van der Waals surface area contributed by atoms with Crippen LogP contribution in [0.3, 0.4) is 0 Å². The molecule has 0 atom stereocenters. The predicted octanol–water partition coefficient (Wildman–Crippen LogP) is 13.7. The number of hydrogen-bond donors (Lipinski definition) is 0. The number of aromatic nitrogens is 3. The van der Waals surface area contributed by atoms with Gasteiger partial charge in [-0.2, -0.15) is 0 Å². The third-order valence-electron chi connectivity index (χ3n) is 10.5. The summed E-state index contributed by atoms with van der Waals surface area (Å²) in [6.07, 6.45) is 3.67. The van der Waals surface area contributed by atoms with E-state index in [9.17, 15) is 0 Å². The lowest BCUT2D eigenvalue weighted by Crippen LogP contribution is -2.09. The first-order valence-corrected chi connectivity index (χ1v) is 18.9. The second-order valence-corrected chi connectivity index (χ2v) is 13.9. The van der Waals surface area contributed by atoms with Crippen LogP contribution in [0, 0.1) is 0 Å². The van der Waals surface area contributed by atoms with Gasteiger partial charge in [-0.25, -0.2) is 0 Å².